The molecular weight excluding hydrogens is 412 g/mol. The molecule has 32 heavy (non-hydrogen) atoms. The molecule has 5 aliphatic rings. The minimum absolute atomic E-state index is 0.0109. The second-order valence-corrected chi connectivity index (χ2v) is 11.4. The number of aliphatic hydroxyl groups is 3. The third kappa shape index (κ3) is 2.83. The van der Waals surface area contributed by atoms with Gasteiger partial charge in [-0.2, -0.15) is 0 Å². The number of hydrogen-bond donors (Lipinski definition) is 3. The minimum Gasteiger partial charge on any atom is -0.462 e. The predicted octanol–water partition coefficient (Wildman–Crippen LogP) is 2.26. The van der Waals surface area contributed by atoms with Gasteiger partial charge >= 0.3 is 11.9 Å². The molecule has 0 aromatic carbocycles. The molecule has 0 amide bonds. The van der Waals surface area contributed by atoms with Crippen LogP contribution in [0.25, 0.3) is 0 Å². The lowest BCUT2D eigenvalue weighted by molar-refractivity contribution is -0.270. The highest BCUT2D eigenvalue weighted by molar-refractivity contribution is 5.85. The Bertz CT molecular complexity index is 853. The fourth-order valence-corrected chi connectivity index (χ4v) is 8.83. The number of rotatable bonds is 3. The van der Waals surface area contributed by atoms with Crippen molar-refractivity contribution in [3.8, 4) is 0 Å². The van der Waals surface area contributed by atoms with Crippen LogP contribution < -0.4 is 0 Å². The van der Waals surface area contributed by atoms with E-state index in [9.17, 15) is 24.9 Å². The van der Waals surface area contributed by atoms with Gasteiger partial charge in [0.25, 0.3) is 0 Å². The van der Waals surface area contributed by atoms with Crippen molar-refractivity contribution in [2.24, 2.45) is 28.6 Å². The van der Waals surface area contributed by atoms with Crippen molar-refractivity contribution in [1.82, 2.24) is 0 Å². The zero-order chi connectivity index (χ0) is 22.9. The number of carbonyl (C=O) groups is 2. The molecule has 0 bridgehead atoms. The summed E-state index contributed by atoms with van der Waals surface area (Å²) in [4.78, 5) is 23.2. The van der Waals surface area contributed by atoms with Crippen molar-refractivity contribution in [1.29, 1.82) is 0 Å². The second kappa shape index (κ2) is 7.28. The van der Waals surface area contributed by atoms with E-state index in [2.05, 4.69) is 6.92 Å². The van der Waals surface area contributed by atoms with E-state index in [0.717, 1.165) is 24.8 Å². The molecule has 7 heteroatoms. The molecule has 0 radical (unpaired) electrons. The summed E-state index contributed by atoms with van der Waals surface area (Å²) >= 11 is 0. The Hall–Kier alpha value is -1.44. The molecule has 3 N–H and O–H groups in total. The van der Waals surface area contributed by atoms with Gasteiger partial charge in [-0.25, -0.2) is 4.79 Å². The van der Waals surface area contributed by atoms with Crippen LogP contribution in [0.2, 0.25) is 0 Å². The smallest absolute Gasteiger partial charge is 0.331 e. The van der Waals surface area contributed by atoms with Gasteiger partial charge in [0.2, 0.25) is 0 Å². The Balaban J connectivity index is 1.46. The largest absolute Gasteiger partial charge is 0.462 e. The van der Waals surface area contributed by atoms with Gasteiger partial charge < -0.3 is 24.8 Å². The minimum atomic E-state index is -1.10. The van der Waals surface area contributed by atoms with Crippen LogP contribution in [0, 0.1) is 28.6 Å². The van der Waals surface area contributed by atoms with Crippen molar-refractivity contribution in [2.45, 2.75) is 88.9 Å². The Labute approximate surface area is 189 Å². The van der Waals surface area contributed by atoms with E-state index in [-0.39, 0.29) is 47.8 Å². The fourth-order valence-electron chi connectivity index (χ4n) is 8.83. The van der Waals surface area contributed by atoms with Crippen molar-refractivity contribution >= 4 is 11.9 Å². The Kier molecular flexibility index (Phi) is 5.08. The van der Waals surface area contributed by atoms with Crippen LogP contribution >= 0.6 is 0 Å². The maximum atomic E-state index is 12.2. The molecule has 4 fully saturated rings. The van der Waals surface area contributed by atoms with Crippen LogP contribution in [-0.4, -0.2) is 57.8 Å². The molecule has 0 saturated heterocycles. The van der Waals surface area contributed by atoms with E-state index in [1.807, 2.05) is 0 Å². The molecule has 0 aromatic rings. The first kappa shape index (κ1) is 22.4. The van der Waals surface area contributed by atoms with Crippen LogP contribution in [0.15, 0.2) is 11.6 Å². The highest BCUT2D eigenvalue weighted by Gasteiger charge is 2.71. The molecule has 8 atom stereocenters. The van der Waals surface area contributed by atoms with Crippen molar-refractivity contribution in [3.05, 3.63) is 11.6 Å². The van der Waals surface area contributed by atoms with Gasteiger partial charge in [-0.3, -0.25) is 4.79 Å². The summed E-state index contributed by atoms with van der Waals surface area (Å²) < 4.78 is 10.6. The van der Waals surface area contributed by atoms with E-state index in [4.69, 9.17) is 9.47 Å². The lowest BCUT2D eigenvalue weighted by atomic mass is 9.41. The zero-order valence-electron chi connectivity index (χ0n) is 19.1. The van der Waals surface area contributed by atoms with Gasteiger partial charge in [0.1, 0.15) is 12.7 Å². The predicted molar refractivity (Wildman–Crippen MR) is 114 cm³/mol. The standard InChI is InChI=1S/C25H36O7/c1-15(27)32-17-3-8-23(14-26)19-4-7-22(2)18(16-11-21(28)31-13-16)6-10-25(22,30)20(19)5-9-24(23,29)12-17/h11,17-20,26,29-30H,3-10,12-14H2,1-2H3/t17-,18+,19-,20-,22-,23+,24+,25+/m1/s1. The summed E-state index contributed by atoms with van der Waals surface area (Å²) in [6.45, 7) is 3.75. The maximum Gasteiger partial charge on any atom is 0.331 e. The first-order valence-corrected chi connectivity index (χ1v) is 12.2. The molecule has 7 nitrogen and oxygen atoms in total. The van der Waals surface area contributed by atoms with E-state index >= 15 is 0 Å². The van der Waals surface area contributed by atoms with Gasteiger partial charge in [0.15, 0.2) is 0 Å². The van der Waals surface area contributed by atoms with Crippen LogP contribution in [0.1, 0.15) is 71.6 Å². The lowest BCUT2D eigenvalue weighted by Crippen LogP contribution is -2.69. The SMILES string of the molecule is CC(=O)O[C@@H]1CC[C@]2(CO)[C@@H]3CC[C@]4(C)[C@H](C5=CC(=O)OC5)CC[C@]4(O)[C@@H]3CC[C@]2(O)C1. The third-order valence-corrected chi connectivity index (χ3v) is 10.4. The molecule has 0 unspecified atom stereocenters. The van der Waals surface area contributed by atoms with E-state index in [1.165, 1.54) is 6.92 Å². The van der Waals surface area contributed by atoms with Gasteiger partial charge in [0, 0.05) is 30.3 Å². The monoisotopic (exact) mass is 448 g/mol. The Morgan fingerprint density at radius 1 is 1.12 bits per heavy atom. The molecule has 0 aromatic heterocycles. The van der Waals surface area contributed by atoms with Crippen molar-refractivity contribution in [3.63, 3.8) is 0 Å². The fraction of sp³-hybridized carbons (Fsp3) is 0.840. The topological polar surface area (TPSA) is 113 Å². The number of fused-ring (bicyclic) bond motifs is 5. The molecule has 1 aliphatic heterocycles. The molecule has 4 saturated carbocycles. The normalized spacial score (nSPS) is 50.0. The van der Waals surface area contributed by atoms with Crippen molar-refractivity contribution < 1.29 is 34.4 Å². The summed E-state index contributed by atoms with van der Waals surface area (Å²) in [6.07, 6.45) is 7.10. The Morgan fingerprint density at radius 2 is 1.88 bits per heavy atom. The lowest BCUT2D eigenvalue weighted by Gasteiger charge is -2.66. The second-order valence-electron chi connectivity index (χ2n) is 11.4. The quantitative estimate of drug-likeness (QED) is 0.568. The molecule has 178 valence electrons. The first-order chi connectivity index (χ1) is 15.1. The number of ether oxygens (including phenoxy) is 2. The maximum absolute atomic E-state index is 12.2. The van der Waals surface area contributed by atoms with Gasteiger partial charge in [-0.15, -0.1) is 0 Å². The summed E-state index contributed by atoms with van der Waals surface area (Å²) in [5, 5.41) is 34.7. The van der Waals surface area contributed by atoms with E-state index in [0.29, 0.717) is 45.1 Å². The zero-order valence-corrected chi connectivity index (χ0v) is 19.1. The molecular formula is C25H36O7. The number of hydrogen-bond acceptors (Lipinski definition) is 7. The average molecular weight is 449 g/mol. The molecule has 5 rings (SSSR count). The van der Waals surface area contributed by atoms with Gasteiger partial charge in [0.05, 0.1) is 17.8 Å². The van der Waals surface area contributed by atoms with Crippen LogP contribution in [0.5, 0.6) is 0 Å². The van der Waals surface area contributed by atoms with Crippen LogP contribution in [-0.2, 0) is 19.1 Å². The van der Waals surface area contributed by atoms with Gasteiger partial charge in [-0.05, 0) is 74.7 Å². The van der Waals surface area contributed by atoms with Crippen molar-refractivity contribution in [2.75, 3.05) is 13.2 Å². The van der Waals surface area contributed by atoms with E-state index < -0.39 is 16.6 Å². The van der Waals surface area contributed by atoms with Crippen LogP contribution in [0.3, 0.4) is 0 Å². The van der Waals surface area contributed by atoms with Crippen LogP contribution in [0.4, 0.5) is 0 Å². The summed E-state index contributed by atoms with van der Waals surface area (Å²) in [5.41, 5.74) is -2.04. The highest BCUT2D eigenvalue weighted by atomic mass is 16.5. The first-order valence-electron chi connectivity index (χ1n) is 12.2. The number of cyclic esters (lactones) is 1. The Morgan fingerprint density at radius 3 is 2.53 bits per heavy atom. The van der Waals surface area contributed by atoms with E-state index in [1.54, 1.807) is 6.08 Å². The molecule has 4 aliphatic carbocycles. The highest BCUT2D eigenvalue weighted by Crippen LogP contribution is 2.70. The number of esters is 2. The molecule has 1 heterocycles. The van der Waals surface area contributed by atoms with Gasteiger partial charge in [-0.1, -0.05) is 6.92 Å². The number of aliphatic hydroxyl groups excluding tert-OH is 1. The average Bonchev–Trinajstić information content (AvgIpc) is 3.27. The summed E-state index contributed by atoms with van der Waals surface area (Å²) in [7, 11) is 0. The summed E-state index contributed by atoms with van der Waals surface area (Å²) in [5.74, 6) is -0.517. The number of carbonyl (C=O) groups excluding carboxylic acids is 2. The third-order valence-electron chi connectivity index (χ3n) is 10.4. The molecule has 0 spiro atoms. The summed E-state index contributed by atoms with van der Waals surface area (Å²) in [6, 6.07) is 0.